The number of ether oxygens (including phenoxy) is 1. The van der Waals surface area contributed by atoms with E-state index in [1.807, 2.05) is 23.1 Å². The summed E-state index contributed by atoms with van der Waals surface area (Å²) < 4.78 is 7.57. The van der Waals surface area contributed by atoms with Gasteiger partial charge < -0.3 is 15.0 Å². The Balaban J connectivity index is 1.39. The lowest BCUT2D eigenvalue weighted by Crippen LogP contribution is -2.46. The number of hydrogen-bond donors (Lipinski definition) is 1. The fourth-order valence-electron chi connectivity index (χ4n) is 4.78. The summed E-state index contributed by atoms with van der Waals surface area (Å²) in [5.41, 5.74) is 4.58. The van der Waals surface area contributed by atoms with E-state index in [0.29, 0.717) is 6.04 Å². The molecule has 32 heavy (non-hydrogen) atoms. The van der Waals surface area contributed by atoms with Gasteiger partial charge in [0, 0.05) is 76.0 Å². The number of piperazine rings is 1. The van der Waals surface area contributed by atoms with E-state index in [1.165, 1.54) is 11.3 Å². The zero-order valence-corrected chi connectivity index (χ0v) is 19.1. The maximum absolute atomic E-state index is 5.58. The normalized spacial score (nSPS) is 18.4. The van der Waals surface area contributed by atoms with Crippen LogP contribution in [0.4, 0.5) is 11.5 Å². The van der Waals surface area contributed by atoms with Crippen LogP contribution in [0.5, 0.6) is 0 Å². The molecule has 0 unspecified atom stereocenters. The van der Waals surface area contributed by atoms with E-state index in [2.05, 4.69) is 51.2 Å². The van der Waals surface area contributed by atoms with Crippen molar-refractivity contribution in [3.8, 4) is 0 Å². The number of fused-ring (bicyclic) bond motifs is 1. The third-order valence-corrected chi connectivity index (χ3v) is 6.69. The number of anilines is 2. The van der Waals surface area contributed by atoms with Gasteiger partial charge in [-0.05, 0) is 38.8 Å². The summed E-state index contributed by atoms with van der Waals surface area (Å²) in [5, 5.41) is 9.61. The maximum atomic E-state index is 5.58. The van der Waals surface area contributed by atoms with Crippen LogP contribution >= 0.6 is 0 Å². The molecule has 5 rings (SSSR count). The zero-order chi connectivity index (χ0) is 21.9. The fraction of sp³-hybridized carbons (Fsp3) is 0.542. The van der Waals surface area contributed by atoms with Crippen molar-refractivity contribution in [2.24, 2.45) is 0 Å². The minimum atomic E-state index is 0.429. The van der Waals surface area contributed by atoms with E-state index in [0.717, 1.165) is 87.9 Å². The summed E-state index contributed by atoms with van der Waals surface area (Å²) in [5.74, 6) is 1.07. The van der Waals surface area contributed by atoms with Crippen molar-refractivity contribution in [2.75, 3.05) is 49.6 Å². The van der Waals surface area contributed by atoms with Crippen molar-refractivity contribution in [1.82, 2.24) is 24.6 Å². The monoisotopic (exact) mass is 435 g/mol. The van der Waals surface area contributed by atoms with Crippen molar-refractivity contribution < 1.29 is 4.74 Å². The molecule has 2 saturated heterocycles. The first-order valence-corrected chi connectivity index (χ1v) is 11.8. The Morgan fingerprint density at radius 3 is 2.66 bits per heavy atom. The van der Waals surface area contributed by atoms with Gasteiger partial charge in [0.15, 0.2) is 5.65 Å². The number of rotatable bonds is 6. The van der Waals surface area contributed by atoms with Gasteiger partial charge in [0.2, 0.25) is 0 Å². The minimum absolute atomic E-state index is 0.429. The third kappa shape index (κ3) is 4.29. The van der Waals surface area contributed by atoms with Crippen LogP contribution in [0.3, 0.4) is 0 Å². The van der Waals surface area contributed by atoms with Gasteiger partial charge in [0.05, 0.1) is 17.3 Å². The van der Waals surface area contributed by atoms with Crippen LogP contribution in [0.2, 0.25) is 0 Å². The van der Waals surface area contributed by atoms with E-state index in [4.69, 9.17) is 9.72 Å². The first-order valence-electron chi connectivity index (χ1n) is 11.8. The van der Waals surface area contributed by atoms with Crippen LogP contribution in [0.25, 0.3) is 11.0 Å². The first kappa shape index (κ1) is 21.2. The van der Waals surface area contributed by atoms with Crippen LogP contribution in [-0.2, 0) is 17.8 Å². The van der Waals surface area contributed by atoms with Crippen molar-refractivity contribution in [1.29, 1.82) is 0 Å². The molecule has 170 valence electrons. The molecule has 0 bridgehead atoms. The molecule has 5 heterocycles. The molecule has 1 N–H and O–H groups in total. The summed E-state index contributed by atoms with van der Waals surface area (Å²) in [6.45, 7) is 11.6. The van der Waals surface area contributed by atoms with Crippen LogP contribution < -0.4 is 10.2 Å². The van der Waals surface area contributed by atoms with E-state index in [9.17, 15) is 0 Å². The Bertz CT molecular complexity index is 1040. The van der Waals surface area contributed by atoms with Crippen LogP contribution in [0, 0.1) is 6.92 Å². The van der Waals surface area contributed by atoms with Gasteiger partial charge in [0.25, 0.3) is 0 Å². The zero-order valence-electron chi connectivity index (χ0n) is 19.1. The van der Waals surface area contributed by atoms with E-state index >= 15 is 0 Å². The first-order chi connectivity index (χ1) is 15.7. The molecule has 0 spiro atoms. The van der Waals surface area contributed by atoms with Crippen molar-refractivity contribution in [3.05, 3.63) is 41.9 Å². The standard InChI is InChI=1S/C24H33N7O/c1-3-31-24-20(16-26-31)23(28-19-7-14-32-15-8-19)21(18(2)27-24)17-29-10-12-30(13-11-29)22-6-4-5-9-25-22/h4-6,9,16,19H,3,7-8,10-15,17H2,1-2H3,(H,27,28). The SMILES string of the molecule is CCn1ncc2c(NC3CCOCC3)c(CN3CCN(c4ccccn4)CC3)c(C)nc21. The average molecular weight is 436 g/mol. The molecule has 0 aliphatic carbocycles. The lowest BCUT2D eigenvalue weighted by molar-refractivity contribution is 0.0904. The lowest BCUT2D eigenvalue weighted by atomic mass is 10.0. The molecule has 0 aromatic carbocycles. The van der Waals surface area contributed by atoms with Gasteiger partial charge in [-0.1, -0.05) is 6.07 Å². The predicted molar refractivity (Wildman–Crippen MR) is 127 cm³/mol. The molecule has 2 aliphatic rings. The predicted octanol–water partition coefficient (Wildman–Crippen LogP) is 3.07. The quantitative estimate of drug-likeness (QED) is 0.638. The lowest BCUT2D eigenvalue weighted by Gasteiger charge is -2.36. The van der Waals surface area contributed by atoms with Gasteiger partial charge in [-0.2, -0.15) is 5.10 Å². The van der Waals surface area contributed by atoms with Crippen molar-refractivity contribution >= 4 is 22.5 Å². The second-order valence-electron chi connectivity index (χ2n) is 8.73. The molecule has 0 amide bonds. The van der Waals surface area contributed by atoms with Gasteiger partial charge >= 0.3 is 0 Å². The fourth-order valence-corrected chi connectivity index (χ4v) is 4.78. The summed E-state index contributed by atoms with van der Waals surface area (Å²) in [4.78, 5) is 14.4. The molecule has 0 saturated carbocycles. The number of nitrogens with one attached hydrogen (secondary N) is 1. The Morgan fingerprint density at radius 1 is 1.12 bits per heavy atom. The minimum Gasteiger partial charge on any atom is -0.381 e. The van der Waals surface area contributed by atoms with Gasteiger partial charge in [0.1, 0.15) is 5.82 Å². The Morgan fingerprint density at radius 2 is 1.94 bits per heavy atom. The summed E-state index contributed by atoms with van der Waals surface area (Å²) >= 11 is 0. The molecule has 8 nitrogen and oxygen atoms in total. The Hall–Kier alpha value is -2.71. The van der Waals surface area contributed by atoms with Gasteiger partial charge in [-0.3, -0.25) is 4.90 Å². The number of aromatic nitrogens is 4. The highest BCUT2D eigenvalue weighted by molar-refractivity contribution is 5.91. The third-order valence-electron chi connectivity index (χ3n) is 6.69. The molecule has 8 heteroatoms. The number of aryl methyl sites for hydroxylation is 2. The largest absolute Gasteiger partial charge is 0.381 e. The highest BCUT2D eigenvalue weighted by Crippen LogP contribution is 2.32. The highest BCUT2D eigenvalue weighted by atomic mass is 16.5. The van der Waals surface area contributed by atoms with Crippen LogP contribution in [0.1, 0.15) is 31.0 Å². The number of nitrogens with zero attached hydrogens (tertiary/aromatic N) is 6. The molecule has 2 fully saturated rings. The highest BCUT2D eigenvalue weighted by Gasteiger charge is 2.24. The Labute approximate surface area is 189 Å². The Kier molecular flexibility index (Phi) is 6.23. The second-order valence-corrected chi connectivity index (χ2v) is 8.73. The molecular formula is C24H33N7O. The smallest absolute Gasteiger partial charge is 0.160 e. The van der Waals surface area contributed by atoms with E-state index in [-0.39, 0.29) is 0 Å². The summed E-state index contributed by atoms with van der Waals surface area (Å²) in [6, 6.07) is 6.56. The van der Waals surface area contributed by atoms with E-state index in [1.54, 1.807) is 0 Å². The summed E-state index contributed by atoms with van der Waals surface area (Å²) in [6.07, 6.45) is 5.92. The van der Waals surface area contributed by atoms with Crippen molar-refractivity contribution in [3.63, 3.8) is 0 Å². The second kappa shape index (κ2) is 9.42. The molecule has 0 radical (unpaired) electrons. The maximum Gasteiger partial charge on any atom is 0.160 e. The van der Waals surface area contributed by atoms with Crippen LogP contribution in [-0.4, -0.2) is 70.1 Å². The molecular weight excluding hydrogens is 402 g/mol. The van der Waals surface area contributed by atoms with Crippen LogP contribution in [0.15, 0.2) is 30.6 Å². The molecule has 0 atom stereocenters. The average Bonchev–Trinajstić information content (AvgIpc) is 3.25. The van der Waals surface area contributed by atoms with E-state index < -0.39 is 0 Å². The number of pyridine rings is 2. The number of hydrogen-bond acceptors (Lipinski definition) is 7. The van der Waals surface area contributed by atoms with Gasteiger partial charge in [-0.25, -0.2) is 14.6 Å². The molecule has 3 aromatic rings. The van der Waals surface area contributed by atoms with Gasteiger partial charge in [-0.15, -0.1) is 0 Å². The summed E-state index contributed by atoms with van der Waals surface area (Å²) in [7, 11) is 0. The van der Waals surface area contributed by atoms with Crippen molar-refractivity contribution in [2.45, 2.75) is 45.8 Å². The topological polar surface area (TPSA) is 71.3 Å². The molecule has 2 aliphatic heterocycles. The molecule has 3 aromatic heterocycles.